The van der Waals surface area contributed by atoms with Crippen LogP contribution < -0.4 is 11.5 Å². The maximum atomic E-state index is 10.9. The molecule has 0 radical (unpaired) electrons. The number of nitrogen functional groups attached to an aromatic ring is 1. The second-order valence-corrected chi connectivity index (χ2v) is 3.60. The number of primary amides is 1. The number of aromatic nitrogens is 2. The number of carbonyl (C=O) groups is 1. The van der Waals surface area contributed by atoms with Gasteiger partial charge in [0.2, 0.25) is 0 Å². The van der Waals surface area contributed by atoms with Crippen LogP contribution in [-0.4, -0.2) is 15.7 Å². The molecule has 0 atom stereocenters. The molecule has 1 amide bonds. The lowest BCUT2D eigenvalue weighted by molar-refractivity contribution is 0.100. The molecule has 5 nitrogen and oxygen atoms in total. The van der Waals surface area contributed by atoms with Crippen LogP contribution in [0.3, 0.4) is 0 Å². The van der Waals surface area contributed by atoms with Crippen LogP contribution in [0.4, 0.5) is 5.69 Å². The van der Waals surface area contributed by atoms with Crippen molar-refractivity contribution < 1.29 is 4.79 Å². The molecule has 0 fully saturated rings. The summed E-state index contributed by atoms with van der Waals surface area (Å²) in [5, 5.41) is 4.05. The highest BCUT2D eigenvalue weighted by Gasteiger charge is 2.07. The Bertz CT molecular complexity index is 545. The second kappa shape index (κ2) is 3.69. The van der Waals surface area contributed by atoms with Crippen LogP contribution >= 0.6 is 0 Å². The third-order valence-corrected chi connectivity index (χ3v) is 2.30. The van der Waals surface area contributed by atoms with Crippen molar-refractivity contribution in [2.24, 2.45) is 5.73 Å². The van der Waals surface area contributed by atoms with E-state index in [0.717, 1.165) is 11.3 Å². The van der Waals surface area contributed by atoms with Gasteiger partial charge < -0.3 is 11.5 Å². The fourth-order valence-corrected chi connectivity index (χ4v) is 1.43. The first kappa shape index (κ1) is 10.2. The summed E-state index contributed by atoms with van der Waals surface area (Å²) in [5.74, 6) is -0.502. The first-order valence-corrected chi connectivity index (χ1v) is 4.79. The largest absolute Gasteiger partial charge is 0.397 e. The summed E-state index contributed by atoms with van der Waals surface area (Å²) in [6, 6.07) is 5.61. The van der Waals surface area contributed by atoms with Crippen molar-refractivity contribution in [2.75, 3.05) is 5.73 Å². The summed E-state index contributed by atoms with van der Waals surface area (Å²) in [6.07, 6.45) is 2.98. The molecule has 5 heteroatoms. The predicted molar refractivity (Wildman–Crippen MR) is 61.2 cm³/mol. The van der Waals surface area contributed by atoms with Crippen LogP contribution in [0.5, 0.6) is 0 Å². The molecule has 1 aromatic heterocycles. The number of benzene rings is 1. The number of amides is 1. The Kier molecular flexibility index (Phi) is 2.36. The molecule has 0 bridgehead atoms. The number of aryl methyl sites for hydroxylation is 1. The zero-order valence-corrected chi connectivity index (χ0v) is 8.84. The van der Waals surface area contributed by atoms with Crippen molar-refractivity contribution in [1.29, 1.82) is 0 Å². The van der Waals surface area contributed by atoms with E-state index >= 15 is 0 Å². The molecule has 0 aliphatic carbocycles. The van der Waals surface area contributed by atoms with Crippen molar-refractivity contribution in [3.8, 4) is 5.69 Å². The van der Waals surface area contributed by atoms with E-state index in [1.807, 2.05) is 19.1 Å². The van der Waals surface area contributed by atoms with Crippen LogP contribution in [0, 0.1) is 6.92 Å². The lowest BCUT2D eigenvalue weighted by atomic mass is 10.2. The fraction of sp³-hybridized carbons (Fsp3) is 0.0909. The average Bonchev–Trinajstić information content (AvgIpc) is 2.70. The third-order valence-electron chi connectivity index (χ3n) is 2.30. The fourth-order valence-electron chi connectivity index (χ4n) is 1.43. The molecule has 0 unspecified atom stereocenters. The molecule has 4 N–H and O–H groups in total. The molecule has 1 aromatic carbocycles. The van der Waals surface area contributed by atoms with Gasteiger partial charge in [-0.2, -0.15) is 5.10 Å². The van der Waals surface area contributed by atoms with Crippen LogP contribution in [-0.2, 0) is 0 Å². The highest BCUT2D eigenvalue weighted by atomic mass is 16.1. The molecule has 1 heterocycles. The van der Waals surface area contributed by atoms with Gasteiger partial charge in [-0.15, -0.1) is 0 Å². The molecule has 0 aliphatic heterocycles. The standard InChI is InChI=1S/C11H12N4O/c1-7-2-3-9(12)10(4-7)15-6-8(5-14-15)11(13)16/h2-6H,12H2,1H3,(H2,13,16). The van der Waals surface area contributed by atoms with E-state index < -0.39 is 5.91 Å². The number of rotatable bonds is 2. The Balaban J connectivity index is 2.50. The zero-order chi connectivity index (χ0) is 11.7. The van der Waals surface area contributed by atoms with Gasteiger partial charge in [-0.25, -0.2) is 4.68 Å². The molecule has 0 saturated carbocycles. The minimum Gasteiger partial charge on any atom is -0.397 e. The summed E-state index contributed by atoms with van der Waals surface area (Å²) in [4.78, 5) is 10.9. The van der Waals surface area contributed by atoms with Gasteiger partial charge in [-0.3, -0.25) is 4.79 Å². The Morgan fingerprint density at radius 1 is 1.44 bits per heavy atom. The van der Waals surface area contributed by atoms with Gasteiger partial charge in [0.25, 0.3) is 5.91 Å². The number of nitrogens with two attached hydrogens (primary N) is 2. The highest BCUT2D eigenvalue weighted by molar-refractivity contribution is 5.92. The highest BCUT2D eigenvalue weighted by Crippen LogP contribution is 2.18. The maximum Gasteiger partial charge on any atom is 0.251 e. The molecule has 2 aromatic rings. The van der Waals surface area contributed by atoms with Gasteiger partial charge in [0.1, 0.15) is 0 Å². The van der Waals surface area contributed by atoms with Crippen molar-refractivity contribution in [1.82, 2.24) is 9.78 Å². The van der Waals surface area contributed by atoms with Crippen molar-refractivity contribution in [2.45, 2.75) is 6.92 Å². The van der Waals surface area contributed by atoms with Crippen LogP contribution in [0.2, 0.25) is 0 Å². The summed E-state index contributed by atoms with van der Waals surface area (Å²) in [5.41, 5.74) is 13.8. The third kappa shape index (κ3) is 1.75. The van der Waals surface area contributed by atoms with E-state index in [4.69, 9.17) is 11.5 Å². The number of hydrogen-bond acceptors (Lipinski definition) is 3. The van der Waals surface area contributed by atoms with Gasteiger partial charge >= 0.3 is 0 Å². The van der Waals surface area contributed by atoms with Crippen molar-refractivity contribution >= 4 is 11.6 Å². The van der Waals surface area contributed by atoms with E-state index in [0.29, 0.717) is 11.3 Å². The number of anilines is 1. The number of carbonyl (C=O) groups excluding carboxylic acids is 1. The van der Waals surface area contributed by atoms with Gasteiger partial charge in [0, 0.05) is 6.20 Å². The van der Waals surface area contributed by atoms with Gasteiger partial charge in [-0.05, 0) is 24.6 Å². The molecular weight excluding hydrogens is 204 g/mol. The smallest absolute Gasteiger partial charge is 0.251 e. The monoisotopic (exact) mass is 216 g/mol. The molecule has 82 valence electrons. The lowest BCUT2D eigenvalue weighted by Gasteiger charge is -2.06. The van der Waals surface area contributed by atoms with Gasteiger partial charge in [0.05, 0.1) is 23.1 Å². The minimum absolute atomic E-state index is 0.362. The Labute approximate surface area is 92.7 Å². The van der Waals surface area contributed by atoms with Crippen LogP contribution in [0.15, 0.2) is 30.6 Å². The van der Waals surface area contributed by atoms with Crippen LogP contribution in [0.25, 0.3) is 5.69 Å². The summed E-state index contributed by atoms with van der Waals surface area (Å²) < 4.78 is 1.54. The van der Waals surface area contributed by atoms with Crippen molar-refractivity contribution in [3.05, 3.63) is 41.7 Å². The SMILES string of the molecule is Cc1ccc(N)c(-n2cc(C(N)=O)cn2)c1. The molecule has 2 rings (SSSR count). The summed E-state index contributed by atoms with van der Waals surface area (Å²) >= 11 is 0. The number of hydrogen-bond donors (Lipinski definition) is 2. The Hall–Kier alpha value is -2.30. The van der Waals surface area contributed by atoms with Crippen molar-refractivity contribution in [3.63, 3.8) is 0 Å². The zero-order valence-electron chi connectivity index (χ0n) is 8.84. The average molecular weight is 216 g/mol. The second-order valence-electron chi connectivity index (χ2n) is 3.60. The lowest BCUT2D eigenvalue weighted by Crippen LogP contribution is -2.09. The first-order chi connectivity index (χ1) is 7.58. The Morgan fingerprint density at radius 2 is 2.19 bits per heavy atom. The Morgan fingerprint density at radius 3 is 2.81 bits per heavy atom. The van der Waals surface area contributed by atoms with E-state index in [9.17, 15) is 4.79 Å². The molecule has 0 spiro atoms. The normalized spacial score (nSPS) is 10.3. The van der Waals surface area contributed by atoms with E-state index in [1.54, 1.807) is 16.9 Å². The predicted octanol–water partition coefficient (Wildman–Crippen LogP) is 0.862. The summed E-state index contributed by atoms with van der Waals surface area (Å²) in [7, 11) is 0. The minimum atomic E-state index is -0.502. The quantitative estimate of drug-likeness (QED) is 0.730. The van der Waals surface area contributed by atoms with E-state index in [-0.39, 0.29) is 0 Å². The topological polar surface area (TPSA) is 86.9 Å². The molecule has 0 aliphatic rings. The molecular formula is C11H12N4O. The van der Waals surface area contributed by atoms with Gasteiger partial charge in [-0.1, -0.05) is 6.07 Å². The van der Waals surface area contributed by atoms with Gasteiger partial charge in [0.15, 0.2) is 0 Å². The van der Waals surface area contributed by atoms with E-state index in [2.05, 4.69) is 5.10 Å². The molecule has 0 saturated heterocycles. The maximum absolute atomic E-state index is 10.9. The van der Waals surface area contributed by atoms with E-state index in [1.165, 1.54) is 6.20 Å². The van der Waals surface area contributed by atoms with Crippen LogP contribution in [0.1, 0.15) is 15.9 Å². The summed E-state index contributed by atoms with van der Waals surface area (Å²) in [6.45, 7) is 1.96. The molecule has 16 heavy (non-hydrogen) atoms. The number of nitrogens with zero attached hydrogens (tertiary/aromatic N) is 2. The first-order valence-electron chi connectivity index (χ1n) is 4.79.